The van der Waals surface area contributed by atoms with E-state index in [9.17, 15) is 4.79 Å². The third kappa shape index (κ3) is 11.9. The molecule has 1 aliphatic carbocycles. The number of carbonyl (C=O) groups excluding carboxylic acids is 1. The molecule has 5 heteroatoms. The fraction of sp³-hybridized carbons (Fsp3) is 0.955. The Morgan fingerprint density at radius 3 is 2.07 bits per heavy atom. The molecule has 0 aromatic rings. The van der Waals surface area contributed by atoms with Crippen molar-refractivity contribution in [2.24, 2.45) is 0 Å². The van der Waals surface area contributed by atoms with E-state index in [4.69, 9.17) is 5.84 Å². The zero-order valence-corrected chi connectivity index (χ0v) is 19.9. The fourth-order valence-corrected chi connectivity index (χ4v) is 4.45. The molecular weight excluding hydrogens is 352 g/mol. The number of hydrogen-bond donors (Lipinski definition) is 2. The number of nitrogens with one attached hydrogen (secondary N) is 1. The highest BCUT2D eigenvalue weighted by molar-refractivity contribution is 6.74. The summed E-state index contributed by atoms with van der Waals surface area (Å²) in [5, 5.41) is 3.53. The van der Waals surface area contributed by atoms with Crippen molar-refractivity contribution < 1.29 is 10.6 Å². The molecule has 1 rings (SSSR count). The molecule has 0 heterocycles. The van der Waals surface area contributed by atoms with Crippen molar-refractivity contribution in [1.82, 2.24) is 11.5 Å². The molecule has 0 aliphatic heterocycles. The minimum Gasteiger partial charge on any atom is -0.417 e. The third-order valence-corrected chi connectivity index (χ3v) is 10.8. The van der Waals surface area contributed by atoms with Crippen LogP contribution in [0, 0.1) is 0 Å². The largest absolute Gasteiger partial charge is 0.417 e. The third-order valence-electron chi connectivity index (χ3n) is 6.29. The van der Waals surface area contributed by atoms with E-state index in [1.54, 1.807) is 0 Å². The standard InChI is InChI=1S/C22H45NO2Si.H3N/c1-22(2,3)26(4,5)25-19-15-10-8-6-7-9-14-18-21(24)23-20-16-12-11-13-17-20;/h20H,6-19H2,1-5H3,(H,23,24);1H3/i/hD. The molecule has 0 aromatic heterocycles. The Balaban J connectivity index is 0.00000352. The van der Waals surface area contributed by atoms with Crippen LogP contribution >= 0.6 is 0 Å². The SMILES string of the molecule is CC(C)(C)[Si](C)(C)OCCCCCCCCCC(=O)NC1CCCCC1.[2H]N. The van der Waals surface area contributed by atoms with Crippen molar-refractivity contribution in [3.63, 3.8) is 0 Å². The summed E-state index contributed by atoms with van der Waals surface area (Å²) in [5.41, 5.74) is 0. The Morgan fingerprint density at radius 2 is 1.52 bits per heavy atom. The zero-order valence-electron chi connectivity index (χ0n) is 19.9. The molecule has 4 N–H and O–H groups in total. The second kappa shape index (κ2) is 13.7. The van der Waals surface area contributed by atoms with Gasteiger partial charge in [0.2, 0.25) is 5.91 Å². The maximum atomic E-state index is 11.9. The minimum atomic E-state index is -1.56. The number of rotatable bonds is 12. The molecule has 0 radical (unpaired) electrons. The number of unbranched alkanes of at least 4 members (excludes halogenated alkanes) is 6. The Labute approximate surface area is 171 Å². The van der Waals surface area contributed by atoms with E-state index in [2.05, 4.69) is 45.3 Å². The van der Waals surface area contributed by atoms with Gasteiger partial charge in [0.15, 0.2) is 8.32 Å². The molecule has 162 valence electrons. The summed E-state index contributed by atoms with van der Waals surface area (Å²) in [4.78, 5) is 11.9. The van der Waals surface area contributed by atoms with Gasteiger partial charge in [0.1, 0.15) is 1.41 Å². The topological polar surface area (TPSA) is 73.3 Å². The number of amides is 1. The van der Waals surface area contributed by atoms with Crippen LogP contribution < -0.4 is 11.5 Å². The van der Waals surface area contributed by atoms with Crippen LogP contribution in [0.3, 0.4) is 0 Å². The van der Waals surface area contributed by atoms with Gasteiger partial charge in [0, 0.05) is 19.1 Å². The van der Waals surface area contributed by atoms with E-state index in [0.717, 1.165) is 19.4 Å². The molecular formula is C22H48N2O2Si. The van der Waals surface area contributed by atoms with Crippen LogP contribution in [0.4, 0.5) is 0 Å². The van der Waals surface area contributed by atoms with E-state index < -0.39 is 8.32 Å². The highest BCUT2D eigenvalue weighted by atomic mass is 28.4. The highest BCUT2D eigenvalue weighted by Crippen LogP contribution is 2.36. The first kappa shape index (κ1) is 24.6. The molecule has 27 heavy (non-hydrogen) atoms. The summed E-state index contributed by atoms with van der Waals surface area (Å²) in [7, 11) is -1.56. The van der Waals surface area contributed by atoms with Crippen LogP contribution in [0.5, 0.6) is 0 Å². The number of hydrogen-bond acceptors (Lipinski definition) is 3. The smallest absolute Gasteiger partial charge is 0.220 e. The van der Waals surface area contributed by atoms with Crippen molar-refractivity contribution in [3.05, 3.63) is 0 Å². The van der Waals surface area contributed by atoms with Crippen molar-refractivity contribution in [2.45, 2.75) is 128 Å². The summed E-state index contributed by atoms with van der Waals surface area (Å²) in [6.07, 6.45) is 19.3. The molecule has 0 saturated heterocycles. The maximum Gasteiger partial charge on any atom is 0.220 e. The van der Waals surface area contributed by atoms with Gasteiger partial charge in [-0.3, -0.25) is 4.79 Å². The molecule has 1 aliphatic rings. The van der Waals surface area contributed by atoms with Crippen LogP contribution in [0.1, 0.15) is 104 Å². The first-order valence-electron chi connectivity index (χ1n) is 11.7. The van der Waals surface area contributed by atoms with Crippen molar-refractivity contribution >= 4 is 14.2 Å². The molecule has 1 amide bonds. The lowest BCUT2D eigenvalue weighted by atomic mass is 9.95. The van der Waals surface area contributed by atoms with Crippen LogP contribution in [-0.2, 0) is 9.22 Å². The van der Waals surface area contributed by atoms with Crippen LogP contribution in [0.2, 0.25) is 19.5 Å². The van der Waals surface area contributed by atoms with Crippen molar-refractivity contribution in [2.75, 3.05) is 6.61 Å². The molecule has 1 fully saturated rings. The lowest BCUT2D eigenvalue weighted by molar-refractivity contribution is -0.122. The van der Waals surface area contributed by atoms with Gasteiger partial charge in [0.25, 0.3) is 0 Å². The van der Waals surface area contributed by atoms with E-state index in [1.165, 1.54) is 70.6 Å². The van der Waals surface area contributed by atoms with Gasteiger partial charge in [-0.05, 0) is 43.8 Å². The average Bonchev–Trinajstić information content (AvgIpc) is 2.64. The summed E-state index contributed by atoms with van der Waals surface area (Å²) >= 11 is 0. The van der Waals surface area contributed by atoms with Gasteiger partial charge in [-0.15, -0.1) is 0 Å². The van der Waals surface area contributed by atoms with E-state index in [-0.39, 0.29) is 5.91 Å². The number of carbonyl (C=O) groups is 1. The average molecular weight is 402 g/mol. The predicted octanol–water partition coefficient (Wildman–Crippen LogP) is 6.74. The molecule has 0 unspecified atom stereocenters. The van der Waals surface area contributed by atoms with Gasteiger partial charge in [-0.25, -0.2) is 0 Å². The van der Waals surface area contributed by atoms with Crippen LogP contribution in [-0.4, -0.2) is 26.9 Å². The normalized spacial score (nSPS) is 16.3. The Hall–Kier alpha value is -0.393. The van der Waals surface area contributed by atoms with E-state index in [1.807, 2.05) is 0 Å². The predicted molar refractivity (Wildman–Crippen MR) is 120 cm³/mol. The first-order chi connectivity index (χ1) is 13.2. The van der Waals surface area contributed by atoms with Crippen LogP contribution in [0.25, 0.3) is 0 Å². The van der Waals surface area contributed by atoms with Crippen molar-refractivity contribution in [3.8, 4) is 0 Å². The van der Waals surface area contributed by atoms with Crippen molar-refractivity contribution in [1.29, 1.82) is 0 Å². The maximum absolute atomic E-state index is 11.9. The molecule has 0 spiro atoms. The molecule has 0 atom stereocenters. The quantitative estimate of drug-likeness (QED) is 0.281. The second-order valence-electron chi connectivity index (χ2n) is 9.74. The van der Waals surface area contributed by atoms with Gasteiger partial charge in [-0.1, -0.05) is 72.1 Å². The summed E-state index contributed by atoms with van der Waals surface area (Å²) < 4.78 is 11.5. The Bertz CT molecular complexity index is 394. The van der Waals surface area contributed by atoms with E-state index in [0.29, 0.717) is 11.1 Å². The lowest BCUT2D eigenvalue weighted by Crippen LogP contribution is -2.40. The van der Waals surface area contributed by atoms with Gasteiger partial charge in [-0.2, -0.15) is 0 Å². The Morgan fingerprint density at radius 1 is 1.00 bits per heavy atom. The zero-order chi connectivity index (χ0) is 21.5. The second-order valence-corrected chi connectivity index (χ2v) is 14.5. The minimum absolute atomic E-state index is 0.277. The lowest BCUT2D eigenvalue weighted by Gasteiger charge is -2.36. The summed E-state index contributed by atoms with van der Waals surface area (Å²) in [6, 6.07) is 0.463. The highest BCUT2D eigenvalue weighted by Gasteiger charge is 2.36. The molecule has 0 aromatic carbocycles. The van der Waals surface area contributed by atoms with Gasteiger partial charge >= 0.3 is 0 Å². The fourth-order valence-electron chi connectivity index (χ4n) is 3.36. The van der Waals surface area contributed by atoms with Crippen LogP contribution in [0.15, 0.2) is 0 Å². The van der Waals surface area contributed by atoms with E-state index >= 15 is 0 Å². The molecule has 1 saturated carbocycles. The Kier molecular flexibility index (Phi) is 12.5. The van der Waals surface area contributed by atoms with Gasteiger partial charge in [0.05, 0.1) is 0 Å². The summed E-state index contributed by atoms with van der Waals surface area (Å²) in [6.45, 7) is 12.5. The van der Waals surface area contributed by atoms with Gasteiger partial charge < -0.3 is 15.9 Å². The molecule has 0 bridgehead atoms. The summed E-state index contributed by atoms with van der Waals surface area (Å²) in [5.74, 6) is 0.277. The first-order valence-corrected chi connectivity index (χ1v) is 14.1. The monoisotopic (exact) mass is 401 g/mol. The molecule has 4 nitrogen and oxygen atoms in total.